The zero-order valence-corrected chi connectivity index (χ0v) is 11.9. The summed E-state index contributed by atoms with van der Waals surface area (Å²) in [6, 6.07) is 16.7. The van der Waals surface area contributed by atoms with Crippen LogP contribution in [-0.2, 0) is 0 Å². The Morgan fingerprint density at radius 2 is 1.95 bits per heavy atom. The minimum atomic E-state index is -0.186. The molecule has 0 spiro atoms. The second kappa shape index (κ2) is 6.58. The molecule has 4 nitrogen and oxygen atoms in total. The van der Waals surface area contributed by atoms with Crippen molar-refractivity contribution in [2.45, 2.75) is 13.3 Å². The largest absolute Gasteiger partial charge is 0.398 e. The van der Waals surface area contributed by atoms with E-state index in [0.29, 0.717) is 17.8 Å². The first-order chi connectivity index (χ1) is 10.1. The third kappa shape index (κ3) is 3.40. The third-order valence-electron chi connectivity index (χ3n) is 3.20. The number of carbonyl (C=O) groups excluding carboxylic acids is 1. The van der Waals surface area contributed by atoms with Crippen molar-refractivity contribution in [3.05, 3.63) is 59.7 Å². The standard InChI is InChI=1S/C17H17N3O/c1-13-8-9-15(16(19)12-13)17(21)20(11-5-10-18)14-6-3-2-4-7-14/h2-4,6-9,12H,5,11,19H2,1H3. The van der Waals surface area contributed by atoms with Crippen LogP contribution >= 0.6 is 0 Å². The van der Waals surface area contributed by atoms with Crippen LogP contribution in [0.2, 0.25) is 0 Å². The zero-order chi connectivity index (χ0) is 15.2. The van der Waals surface area contributed by atoms with Gasteiger partial charge in [0.25, 0.3) is 5.91 Å². The van der Waals surface area contributed by atoms with Crippen LogP contribution in [0.4, 0.5) is 11.4 Å². The van der Waals surface area contributed by atoms with Gasteiger partial charge in [-0.3, -0.25) is 4.79 Å². The van der Waals surface area contributed by atoms with Gasteiger partial charge in [0.2, 0.25) is 0 Å². The summed E-state index contributed by atoms with van der Waals surface area (Å²) in [6.45, 7) is 2.27. The van der Waals surface area contributed by atoms with Gasteiger partial charge in [0.1, 0.15) is 0 Å². The molecular weight excluding hydrogens is 262 g/mol. The number of nitrogens with zero attached hydrogens (tertiary/aromatic N) is 2. The van der Waals surface area contributed by atoms with Gasteiger partial charge in [-0.1, -0.05) is 24.3 Å². The lowest BCUT2D eigenvalue weighted by atomic mass is 10.1. The Kier molecular flexibility index (Phi) is 4.57. The maximum atomic E-state index is 12.7. The molecule has 1 amide bonds. The van der Waals surface area contributed by atoms with Crippen LogP contribution in [0, 0.1) is 18.3 Å². The number of anilines is 2. The molecular formula is C17H17N3O. The molecule has 0 bridgehead atoms. The van der Waals surface area contributed by atoms with Crippen molar-refractivity contribution < 1.29 is 4.79 Å². The lowest BCUT2D eigenvalue weighted by Gasteiger charge is -2.22. The van der Waals surface area contributed by atoms with Crippen LogP contribution < -0.4 is 10.6 Å². The van der Waals surface area contributed by atoms with E-state index in [2.05, 4.69) is 6.07 Å². The number of nitrogens with two attached hydrogens (primary N) is 1. The van der Waals surface area contributed by atoms with Gasteiger partial charge in [0, 0.05) is 17.9 Å². The maximum absolute atomic E-state index is 12.7. The van der Waals surface area contributed by atoms with Gasteiger partial charge in [-0.15, -0.1) is 0 Å². The Hall–Kier alpha value is -2.80. The molecule has 2 aromatic rings. The first-order valence-corrected chi connectivity index (χ1v) is 6.73. The molecule has 106 valence electrons. The van der Waals surface area contributed by atoms with Crippen LogP contribution in [0.25, 0.3) is 0 Å². The maximum Gasteiger partial charge on any atom is 0.260 e. The molecule has 0 aliphatic rings. The van der Waals surface area contributed by atoms with Crippen molar-refractivity contribution >= 4 is 17.3 Å². The average Bonchev–Trinajstić information content (AvgIpc) is 2.48. The summed E-state index contributed by atoms with van der Waals surface area (Å²) in [5.74, 6) is -0.186. The van der Waals surface area contributed by atoms with Crippen LogP contribution in [0.15, 0.2) is 48.5 Å². The molecule has 4 heteroatoms. The molecule has 21 heavy (non-hydrogen) atoms. The Balaban J connectivity index is 2.37. The molecule has 0 saturated carbocycles. The lowest BCUT2D eigenvalue weighted by Crippen LogP contribution is -2.32. The SMILES string of the molecule is Cc1ccc(C(=O)N(CCC#N)c2ccccc2)c(N)c1. The Bertz CT molecular complexity index is 674. The normalized spacial score (nSPS) is 9.90. The van der Waals surface area contributed by atoms with Crippen LogP contribution in [-0.4, -0.2) is 12.5 Å². The first kappa shape index (κ1) is 14.6. The predicted octanol–water partition coefficient (Wildman–Crippen LogP) is 3.14. The molecule has 0 aliphatic carbocycles. The average molecular weight is 279 g/mol. The molecule has 0 aliphatic heterocycles. The van der Waals surface area contributed by atoms with E-state index in [1.165, 1.54) is 0 Å². The minimum absolute atomic E-state index is 0.186. The number of aryl methyl sites for hydroxylation is 1. The van der Waals surface area contributed by atoms with Crippen LogP contribution in [0.3, 0.4) is 0 Å². The second-order valence-corrected chi connectivity index (χ2v) is 4.79. The predicted molar refractivity (Wildman–Crippen MR) is 83.9 cm³/mol. The molecule has 0 aromatic heterocycles. The van der Waals surface area contributed by atoms with Gasteiger partial charge in [-0.2, -0.15) is 5.26 Å². The molecule has 0 radical (unpaired) electrons. The molecule has 2 rings (SSSR count). The number of hydrogen-bond donors (Lipinski definition) is 1. The van der Waals surface area contributed by atoms with Gasteiger partial charge in [-0.05, 0) is 36.8 Å². The van der Waals surface area contributed by atoms with Gasteiger partial charge < -0.3 is 10.6 Å². The number of nitriles is 1. The number of para-hydroxylation sites is 1. The first-order valence-electron chi connectivity index (χ1n) is 6.73. The highest BCUT2D eigenvalue weighted by molar-refractivity contribution is 6.09. The number of nitrogen functional groups attached to an aromatic ring is 1. The Morgan fingerprint density at radius 3 is 2.57 bits per heavy atom. The number of rotatable bonds is 4. The van der Waals surface area contributed by atoms with E-state index in [0.717, 1.165) is 11.3 Å². The number of hydrogen-bond acceptors (Lipinski definition) is 3. The van der Waals surface area contributed by atoms with E-state index in [1.54, 1.807) is 17.0 Å². The van der Waals surface area contributed by atoms with Crippen molar-refractivity contribution in [1.82, 2.24) is 0 Å². The molecule has 0 fully saturated rings. The van der Waals surface area contributed by atoms with Gasteiger partial charge in [-0.25, -0.2) is 0 Å². The fraction of sp³-hybridized carbons (Fsp3) is 0.176. The van der Waals surface area contributed by atoms with Gasteiger partial charge in [0.05, 0.1) is 18.1 Å². The fourth-order valence-electron chi connectivity index (χ4n) is 2.14. The minimum Gasteiger partial charge on any atom is -0.398 e. The van der Waals surface area contributed by atoms with Crippen molar-refractivity contribution in [3.63, 3.8) is 0 Å². The smallest absolute Gasteiger partial charge is 0.260 e. The number of benzene rings is 2. The summed E-state index contributed by atoms with van der Waals surface area (Å²) in [7, 11) is 0. The van der Waals surface area contributed by atoms with E-state index in [9.17, 15) is 4.79 Å². The topological polar surface area (TPSA) is 70.1 Å². The summed E-state index contributed by atoms with van der Waals surface area (Å²) in [5.41, 5.74) is 8.64. The third-order valence-corrected chi connectivity index (χ3v) is 3.20. The Morgan fingerprint density at radius 1 is 1.24 bits per heavy atom. The molecule has 2 aromatic carbocycles. The summed E-state index contributed by atoms with van der Waals surface area (Å²) in [4.78, 5) is 14.3. The van der Waals surface area contributed by atoms with Gasteiger partial charge >= 0.3 is 0 Å². The lowest BCUT2D eigenvalue weighted by molar-refractivity contribution is 0.0988. The zero-order valence-electron chi connectivity index (χ0n) is 11.9. The van der Waals surface area contributed by atoms with Crippen molar-refractivity contribution in [2.75, 3.05) is 17.2 Å². The van der Waals surface area contributed by atoms with Gasteiger partial charge in [0.15, 0.2) is 0 Å². The molecule has 2 N–H and O–H groups in total. The summed E-state index contributed by atoms with van der Waals surface area (Å²) < 4.78 is 0. The van der Waals surface area contributed by atoms with E-state index in [-0.39, 0.29) is 12.3 Å². The second-order valence-electron chi connectivity index (χ2n) is 4.79. The number of amides is 1. The van der Waals surface area contributed by atoms with Crippen molar-refractivity contribution in [2.24, 2.45) is 0 Å². The monoisotopic (exact) mass is 279 g/mol. The van der Waals surface area contributed by atoms with E-state index in [4.69, 9.17) is 11.0 Å². The highest BCUT2D eigenvalue weighted by Crippen LogP contribution is 2.21. The van der Waals surface area contributed by atoms with E-state index in [1.807, 2.05) is 43.3 Å². The summed E-state index contributed by atoms with van der Waals surface area (Å²) in [5, 5.41) is 8.79. The molecule has 0 heterocycles. The highest BCUT2D eigenvalue weighted by atomic mass is 16.2. The molecule has 0 unspecified atom stereocenters. The van der Waals surface area contributed by atoms with E-state index < -0.39 is 0 Å². The molecule has 0 atom stereocenters. The van der Waals surface area contributed by atoms with Crippen LogP contribution in [0.5, 0.6) is 0 Å². The summed E-state index contributed by atoms with van der Waals surface area (Å²) >= 11 is 0. The van der Waals surface area contributed by atoms with E-state index >= 15 is 0 Å². The fourth-order valence-corrected chi connectivity index (χ4v) is 2.14. The highest BCUT2D eigenvalue weighted by Gasteiger charge is 2.19. The summed E-state index contributed by atoms with van der Waals surface area (Å²) in [6.07, 6.45) is 0.270. The van der Waals surface area contributed by atoms with Crippen LogP contribution in [0.1, 0.15) is 22.3 Å². The number of carbonyl (C=O) groups is 1. The van der Waals surface area contributed by atoms with Crippen molar-refractivity contribution in [1.29, 1.82) is 5.26 Å². The quantitative estimate of drug-likeness (QED) is 0.874. The molecule has 0 saturated heterocycles. The van der Waals surface area contributed by atoms with Crippen molar-refractivity contribution in [3.8, 4) is 6.07 Å². The Labute approximate surface area is 124 Å².